The standard InChI is InChI=1S/C38H47F3N4O8/c1-21-18-36(52-29-28(21)24-17-23(51-5)13-14-25(24)42-30(29)38(39,40)41)19-27-31(46)44-37(33(48)49)16-15-22(37)11-9-7-6-8-10-12-26(32(47)45(27)20-36)43-34(50)53-35(2,3)4/h9,11,13-14,17,21-22,26-27H,6-8,10,12,15-16,18-20H2,1-5H3,(H,43,50)(H,44,46)(H,48,49). The number of allylic oxidation sites excluding steroid dienone is 1. The zero-order valence-corrected chi connectivity index (χ0v) is 30.6. The molecule has 3 aliphatic heterocycles. The Labute approximate surface area is 305 Å². The molecule has 3 amide bonds. The highest BCUT2D eigenvalue weighted by molar-refractivity contribution is 5.95. The number of carboxylic acid groups (broad SMARTS) is 1. The van der Waals surface area contributed by atoms with Crippen LogP contribution in [0.5, 0.6) is 11.5 Å². The molecular weight excluding hydrogens is 697 g/mol. The molecule has 3 N–H and O–H groups in total. The number of aromatic nitrogens is 1. The number of alkyl carbamates (subject to hydrolysis) is 1. The maximum Gasteiger partial charge on any atom is 0.437 e. The number of ether oxygens (including phenoxy) is 3. The largest absolute Gasteiger partial charge is 0.497 e. The van der Waals surface area contributed by atoms with Gasteiger partial charge in [0.1, 0.15) is 34.6 Å². The predicted octanol–water partition coefficient (Wildman–Crippen LogP) is 6.25. The number of carbonyl (C=O) groups excluding carboxylic acids is 3. The number of carbonyl (C=O) groups is 4. The fourth-order valence-electron chi connectivity index (χ4n) is 8.31. The van der Waals surface area contributed by atoms with Crippen molar-refractivity contribution in [2.45, 2.75) is 126 Å². The molecule has 1 aromatic carbocycles. The van der Waals surface area contributed by atoms with Crippen molar-refractivity contribution in [2.75, 3.05) is 13.7 Å². The lowest BCUT2D eigenvalue weighted by atomic mass is 9.66. The number of aliphatic carboxylic acids is 1. The van der Waals surface area contributed by atoms with E-state index in [1.165, 1.54) is 24.1 Å². The second-order valence-corrected chi connectivity index (χ2v) is 15.8. The number of amides is 3. The van der Waals surface area contributed by atoms with Gasteiger partial charge in [-0.3, -0.25) is 9.59 Å². The number of fused-ring (bicyclic) bond motifs is 5. The molecule has 2 aromatic rings. The van der Waals surface area contributed by atoms with Gasteiger partial charge in [-0.1, -0.05) is 31.9 Å². The minimum absolute atomic E-state index is 0.107. The third-order valence-electron chi connectivity index (χ3n) is 10.9. The van der Waals surface area contributed by atoms with Crippen molar-refractivity contribution in [2.24, 2.45) is 5.92 Å². The second kappa shape index (κ2) is 14.0. The van der Waals surface area contributed by atoms with Gasteiger partial charge in [0.25, 0.3) is 0 Å². The first-order valence-corrected chi connectivity index (χ1v) is 18.2. The van der Waals surface area contributed by atoms with Crippen LogP contribution in [0.1, 0.15) is 103 Å². The number of nitrogens with one attached hydrogen (secondary N) is 2. The molecule has 6 unspecified atom stereocenters. The fraction of sp³-hybridized carbons (Fsp3) is 0.605. The number of hydrogen-bond donors (Lipinski definition) is 3. The number of carboxylic acids is 1. The van der Waals surface area contributed by atoms with Crippen LogP contribution in [0.15, 0.2) is 30.4 Å². The summed E-state index contributed by atoms with van der Waals surface area (Å²) in [6, 6.07) is 2.12. The second-order valence-electron chi connectivity index (χ2n) is 15.8. The van der Waals surface area contributed by atoms with Crippen LogP contribution in [0.4, 0.5) is 18.0 Å². The van der Waals surface area contributed by atoms with Gasteiger partial charge in [0, 0.05) is 23.3 Å². The highest BCUT2D eigenvalue weighted by atomic mass is 19.4. The van der Waals surface area contributed by atoms with Crippen molar-refractivity contribution in [1.29, 1.82) is 0 Å². The topological polar surface area (TPSA) is 156 Å². The number of halogens is 3. The number of nitrogens with zero attached hydrogens (tertiary/aromatic N) is 2. The summed E-state index contributed by atoms with van der Waals surface area (Å²) in [5.74, 6) is -3.73. The van der Waals surface area contributed by atoms with Gasteiger partial charge < -0.3 is 34.9 Å². The Morgan fingerprint density at radius 2 is 1.87 bits per heavy atom. The molecule has 12 nitrogen and oxygen atoms in total. The number of rotatable bonds is 3. The molecular formula is C38H47F3N4O8. The molecule has 1 aromatic heterocycles. The van der Waals surface area contributed by atoms with Crippen LogP contribution in [-0.4, -0.2) is 81.3 Å². The zero-order chi connectivity index (χ0) is 38.5. The molecule has 4 aliphatic rings. The minimum Gasteiger partial charge on any atom is -0.497 e. The molecule has 1 spiro atoms. The maximum absolute atomic E-state index is 14.7. The number of benzene rings is 1. The van der Waals surface area contributed by atoms with Crippen molar-refractivity contribution < 1.29 is 51.7 Å². The summed E-state index contributed by atoms with van der Waals surface area (Å²) in [6.45, 7) is 6.50. The highest BCUT2D eigenvalue weighted by Gasteiger charge is 2.59. The number of methoxy groups -OCH3 is 1. The van der Waals surface area contributed by atoms with Gasteiger partial charge in [0.15, 0.2) is 11.4 Å². The molecule has 2 fully saturated rings. The van der Waals surface area contributed by atoms with E-state index < -0.39 is 82.2 Å². The summed E-state index contributed by atoms with van der Waals surface area (Å²) < 4.78 is 61.4. The first kappa shape index (κ1) is 38.2. The van der Waals surface area contributed by atoms with Crippen LogP contribution in [0.3, 0.4) is 0 Å². The Morgan fingerprint density at radius 1 is 1.11 bits per heavy atom. The summed E-state index contributed by atoms with van der Waals surface area (Å²) in [5, 5.41) is 16.2. The molecule has 53 heavy (non-hydrogen) atoms. The first-order valence-electron chi connectivity index (χ1n) is 18.2. The van der Waals surface area contributed by atoms with Gasteiger partial charge in [-0.2, -0.15) is 13.2 Å². The third kappa shape index (κ3) is 7.48. The van der Waals surface area contributed by atoms with Crippen LogP contribution in [0.2, 0.25) is 0 Å². The van der Waals surface area contributed by atoms with Crippen LogP contribution >= 0.6 is 0 Å². The van der Waals surface area contributed by atoms with Gasteiger partial charge in [-0.15, -0.1) is 0 Å². The van der Waals surface area contributed by atoms with E-state index in [0.29, 0.717) is 36.8 Å². The smallest absolute Gasteiger partial charge is 0.437 e. The van der Waals surface area contributed by atoms with Crippen LogP contribution in [-0.2, 0) is 25.3 Å². The van der Waals surface area contributed by atoms with E-state index in [1.807, 2.05) is 12.2 Å². The summed E-state index contributed by atoms with van der Waals surface area (Å²) in [4.78, 5) is 59.9. The van der Waals surface area contributed by atoms with E-state index >= 15 is 0 Å². The molecule has 15 heteroatoms. The average molecular weight is 745 g/mol. The number of pyridine rings is 1. The van der Waals surface area contributed by atoms with Gasteiger partial charge in [0.05, 0.1) is 19.2 Å². The Bertz CT molecular complexity index is 1830. The fourth-order valence-corrected chi connectivity index (χ4v) is 8.31. The zero-order valence-electron chi connectivity index (χ0n) is 30.6. The molecule has 4 heterocycles. The molecule has 1 saturated heterocycles. The van der Waals surface area contributed by atoms with E-state index in [4.69, 9.17) is 14.2 Å². The SMILES string of the molecule is COc1ccc2nc(C(F)(F)F)c3c(c2c1)C(C)CC1(CC2C(=O)NC4(C(=O)O)CCC4C=CCCCCCC(NC(=O)OC(C)(C)C)C(=O)N2C1)O3. The quantitative estimate of drug-likeness (QED) is 0.309. The maximum atomic E-state index is 14.7. The third-order valence-corrected chi connectivity index (χ3v) is 10.9. The molecule has 0 bridgehead atoms. The van der Waals surface area contributed by atoms with Crippen LogP contribution in [0.25, 0.3) is 10.9 Å². The summed E-state index contributed by atoms with van der Waals surface area (Å²) in [6.07, 6.45) is 1.44. The lowest BCUT2D eigenvalue weighted by molar-refractivity contribution is -0.156. The summed E-state index contributed by atoms with van der Waals surface area (Å²) in [7, 11) is 1.45. The Balaban J connectivity index is 1.43. The molecule has 0 radical (unpaired) electrons. The Hall–Kier alpha value is -4.56. The van der Waals surface area contributed by atoms with Crippen molar-refractivity contribution in [3.63, 3.8) is 0 Å². The number of hydrogen-bond acceptors (Lipinski definition) is 8. The van der Waals surface area contributed by atoms with Crippen molar-refractivity contribution in [1.82, 2.24) is 20.5 Å². The van der Waals surface area contributed by atoms with Gasteiger partial charge in [-0.25, -0.2) is 14.6 Å². The van der Waals surface area contributed by atoms with E-state index in [-0.39, 0.29) is 43.3 Å². The highest BCUT2D eigenvalue weighted by Crippen LogP contribution is 2.53. The van der Waals surface area contributed by atoms with Crippen molar-refractivity contribution in [3.8, 4) is 11.5 Å². The molecule has 6 atom stereocenters. The van der Waals surface area contributed by atoms with Gasteiger partial charge in [-0.05, 0) is 83.4 Å². The normalized spacial score (nSPS) is 29.4. The lowest BCUT2D eigenvalue weighted by Gasteiger charge is -2.46. The average Bonchev–Trinajstić information content (AvgIpc) is 3.42. The molecule has 1 saturated carbocycles. The molecule has 1 aliphatic carbocycles. The predicted molar refractivity (Wildman–Crippen MR) is 186 cm³/mol. The number of alkyl halides is 3. The van der Waals surface area contributed by atoms with E-state index in [9.17, 15) is 37.5 Å². The van der Waals surface area contributed by atoms with E-state index in [1.54, 1.807) is 33.8 Å². The molecule has 6 rings (SSSR count). The van der Waals surface area contributed by atoms with Gasteiger partial charge >= 0.3 is 18.2 Å². The Morgan fingerprint density at radius 3 is 2.51 bits per heavy atom. The summed E-state index contributed by atoms with van der Waals surface area (Å²) >= 11 is 0. The van der Waals surface area contributed by atoms with Gasteiger partial charge in [0.2, 0.25) is 11.8 Å². The summed E-state index contributed by atoms with van der Waals surface area (Å²) in [5.41, 5.74) is -4.82. The monoisotopic (exact) mass is 744 g/mol. The van der Waals surface area contributed by atoms with Crippen LogP contribution < -0.4 is 20.1 Å². The molecule has 288 valence electrons. The van der Waals surface area contributed by atoms with Crippen molar-refractivity contribution >= 4 is 34.8 Å². The first-order chi connectivity index (χ1) is 24.9. The minimum atomic E-state index is -4.91. The van der Waals surface area contributed by atoms with E-state index in [0.717, 1.165) is 6.42 Å². The Kier molecular flexibility index (Phi) is 10.1. The van der Waals surface area contributed by atoms with Crippen LogP contribution in [0, 0.1) is 5.92 Å². The van der Waals surface area contributed by atoms with Crippen molar-refractivity contribution in [3.05, 3.63) is 41.6 Å². The van der Waals surface area contributed by atoms with E-state index in [2.05, 4.69) is 15.6 Å². The lowest BCUT2D eigenvalue weighted by Crippen LogP contribution is -2.67.